The van der Waals surface area contributed by atoms with Crippen LogP contribution in [-0.2, 0) is 10.2 Å². The molecule has 2 atom stereocenters. The average Bonchev–Trinajstić information content (AvgIpc) is 2.77. The van der Waals surface area contributed by atoms with Crippen molar-refractivity contribution in [1.29, 1.82) is 0 Å². The Hall–Kier alpha value is -0.900. The van der Waals surface area contributed by atoms with Crippen molar-refractivity contribution in [2.75, 3.05) is 0 Å². The van der Waals surface area contributed by atoms with E-state index in [-0.39, 0.29) is 5.91 Å². The summed E-state index contributed by atoms with van der Waals surface area (Å²) in [5.41, 5.74) is 5.18. The van der Waals surface area contributed by atoms with Gasteiger partial charge in [0.15, 0.2) is 0 Å². The molecule has 19 heavy (non-hydrogen) atoms. The molecule has 1 amide bonds. The Kier molecular flexibility index (Phi) is 3.37. The van der Waals surface area contributed by atoms with Gasteiger partial charge in [0.1, 0.15) is 10.4 Å². The average molecular weight is 278 g/mol. The lowest BCUT2D eigenvalue weighted by Crippen LogP contribution is -2.46. The van der Waals surface area contributed by atoms with E-state index in [4.69, 9.17) is 5.73 Å². The molecular weight excluding hydrogens is 256 g/mol. The van der Waals surface area contributed by atoms with E-state index in [1.54, 1.807) is 11.3 Å². The van der Waals surface area contributed by atoms with Crippen molar-refractivity contribution in [3.8, 4) is 0 Å². The van der Waals surface area contributed by atoms with Crippen molar-refractivity contribution >= 4 is 17.2 Å². The molecule has 2 N–H and O–H groups in total. The topological polar surface area (TPSA) is 56.0 Å². The Morgan fingerprint density at radius 2 is 2.11 bits per heavy atom. The molecule has 1 aromatic heterocycles. The van der Waals surface area contributed by atoms with Gasteiger partial charge in [-0.15, -0.1) is 11.3 Å². The molecule has 0 aromatic carbocycles. The molecule has 3 rings (SSSR count). The van der Waals surface area contributed by atoms with Crippen LogP contribution in [0.15, 0.2) is 6.20 Å². The summed E-state index contributed by atoms with van der Waals surface area (Å²) in [6.45, 7) is 2.34. The van der Waals surface area contributed by atoms with E-state index < -0.39 is 5.41 Å². The van der Waals surface area contributed by atoms with Gasteiger partial charge in [-0.25, -0.2) is 4.98 Å². The second kappa shape index (κ2) is 4.89. The molecule has 2 saturated carbocycles. The summed E-state index contributed by atoms with van der Waals surface area (Å²) in [5.74, 6) is 1.20. The zero-order valence-corrected chi connectivity index (χ0v) is 12.3. The van der Waals surface area contributed by atoms with Crippen molar-refractivity contribution in [3.63, 3.8) is 0 Å². The normalized spacial score (nSPS) is 29.7. The minimum atomic E-state index is -0.430. The molecule has 2 fully saturated rings. The molecule has 3 nitrogen and oxygen atoms in total. The summed E-state index contributed by atoms with van der Waals surface area (Å²) in [6, 6.07) is 0. The van der Waals surface area contributed by atoms with E-state index in [9.17, 15) is 4.79 Å². The monoisotopic (exact) mass is 278 g/mol. The lowest BCUT2D eigenvalue weighted by Gasteiger charge is -2.36. The molecule has 0 saturated heterocycles. The number of carbonyl (C=O) groups is 1. The van der Waals surface area contributed by atoms with Crippen LogP contribution in [0.2, 0.25) is 0 Å². The number of amides is 1. The Balaban J connectivity index is 1.85. The van der Waals surface area contributed by atoms with Crippen molar-refractivity contribution < 1.29 is 4.79 Å². The van der Waals surface area contributed by atoms with Crippen LogP contribution in [-0.4, -0.2) is 10.9 Å². The summed E-state index contributed by atoms with van der Waals surface area (Å²) in [4.78, 5) is 17.7. The minimum absolute atomic E-state index is 0.184. The number of primary amides is 1. The zero-order valence-electron chi connectivity index (χ0n) is 11.5. The Labute approximate surface area is 118 Å². The Bertz CT molecular complexity index is 478. The number of nitrogens with two attached hydrogens (primary N) is 1. The van der Waals surface area contributed by atoms with Gasteiger partial charge in [-0.3, -0.25) is 4.79 Å². The second-order valence-electron chi connectivity index (χ2n) is 6.24. The fraction of sp³-hybridized carbons (Fsp3) is 0.733. The SMILES string of the molecule is C[C@@H]1CCCC[C@H]1c1cnc(C2(C(N)=O)CCC2)s1. The van der Waals surface area contributed by atoms with Crippen molar-refractivity contribution in [1.82, 2.24) is 4.98 Å². The number of rotatable bonds is 3. The summed E-state index contributed by atoms with van der Waals surface area (Å²) >= 11 is 1.74. The van der Waals surface area contributed by atoms with Crippen LogP contribution >= 0.6 is 11.3 Å². The first-order chi connectivity index (χ1) is 9.13. The molecule has 0 spiro atoms. The molecule has 0 bridgehead atoms. The predicted octanol–water partition coefficient (Wildman–Crippen LogP) is 3.34. The van der Waals surface area contributed by atoms with Crippen LogP contribution in [0.1, 0.15) is 67.7 Å². The van der Waals surface area contributed by atoms with E-state index in [0.29, 0.717) is 5.92 Å². The predicted molar refractivity (Wildman–Crippen MR) is 77.2 cm³/mol. The number of nitrogens with zero attached hydrogens (tertiary/aromatic N) is 1. The first-order valence-corrected chi connectivity index (χ1v) is 8.21. The Morgan fingerprint density at radius 3 is 2.68 bits per heavy atom. The number of carbonyl (C=O) groups excluding carboxylic acids is 1. The summed E-state index contributed by atoms with van der Waals surface area (Å²) < 4.78 is 0. The first kappa shape index (κ1) is 13.1. The van der Waals surface area contributed by atoms with Gasteiger partial charge in [-0.1, -0.05) is 32.6 Å². The van der Waals surface area contributed by atoms with Gasteiger partial charge in [0.2, 0.25) is 5.91 Å². The summed E-state index contributed by atoms with van der Waals surface area (Å²) in [6.07, 6.45) is 10.1. The third-order valence-corrected chi connectivity index (χ3v) is 6.42. The van der Waals surface area contributed by atoms with E-state index >= 15 is 0 Å². The van der Waals surface area contributed by atoms with Gasteiger partial charge < -0.3 is 5.73 Å². The third-order valence-electron chi connectivity index (χ3n) is 5.09. The largest absolute Gasteiger partial charge is 0.369 e. The molecule has 1 aromatic rings. The molecule has 1 heterocycles. The maximum absolute atomic E-state index is 11.7. The Morgan fingerprint density at radius 1 is 1.37 bits per heavy atom. The maximum Gasteiger partial charge on any atom is 0.230 e. The number of aromatic nitrogens is 1. The molecule has 0 unspecified atom stereocenters. The number of hydrogen-bond donors (Lipinski definition) is 1. The van der Waals surface area contributed by atoms with Crippen LogP contribution in [0.4, 0.5) is 0 Å². The molecule has 2 aliphatic carbocycles. The number of thiazole rings is 1. The zero-order chi connectivity index (χ0) is 13.5. The van der Waals surface area contributed by atoms with Gasteiger partial charge in [0, 0.05) is 11.1 Å². The number of hydrogen-bond acceptors (Lipinski definition) is 3. The first-order valence-electron chi connectivity index (χ1n) is 7.39. The van der Waals surface area contributed by atoms with Gasteiger partial charge in [-0.05, 0) is 31.1 Å². The second-order valence-corrected chi connectivity index (χ2v) is 7.30. The lowest BCUT2D eigenvalue weighted by atomic mass is 9.69. The van der Waals surface area contributed by atoms with Gasteiger partial charge in [0.25, 0.3) is 0 Å². The van der Waals surface area contributed by atoms with Crippen molar-refractivity contribution in [2.45, 2.75) is 63.2 Å². The highest BCUT2D eigenvalue weighted by Crippen LogP contribution is 2.47. The quantitative estimate of drug-likeness (QED) is 0.922. The van der Waals surface area contributed by atoms with Gasteiger partial charge in [0.05, 0.1) is 0 Å². The van der Waals surface area contributed by atoms with E-state index in [0.717, 1.165) is 30.2 Å². The summed E-state index contributed by atoms with van der Waals surface area (Å²) in [7, 11) is 0. The van der Waals surface area contributed by atoms with Crippen LogP contribution in [0.25, 0.3) is 0 Å². The molecule has 0 radical (unpaired) electrons. The molecule has 104 valence electrons. The van der Waals surface area contributed by atoms with Crippen molar-refractivity contribution in [3.05, 3.63) is 16.1 Å². The van der Waals surface area contributed by atoms with E-state index in [1.807, 2.05) is 6.20 Å². The van der Waals surface area contributed by atoms with Crippen LogP contribution in [0.3, 0.4) is 0 Å². The van der Waals surface area contributed by atoms with E-state index in [1.165, 1.54) is 30.6 Å². The fourth-order valence-corrected chi connectivity index (χ4v) is 4.95. The summed E-state index contributed by atoms with van der Waals surface area (Å²) in [5, 5.41) is 0.971. The standard InChI is InChI=1S/C15H22N2OS/c1-10-5-2-3-6-11(10)12-9-17-14(19-12)15(13(16)18)7-4-8-15/h9-11H,2-8H2,1H3,(H2,16,18)/t10-,11-/m1/s1. The van der Waals surface area contributed by atoms with Crippen molar-refractivity contribution in [2.24, 2.45) is 11.7 Å². The lowest BCUT2D eigenvalue weighted by molar-refractivity contribution is -0.126. The van der Waals surface area contributed by atoms with Gasteiger partial charge >= 0.3 is 0 Å². The van der Waals surface area contributed by atoms with E-state index in [2.05, 4.69) is 11.9 Å². The highest BCUT2D eigenvalue weighted by molar-refractivity contribution is 7.12. The van der Waals surface area contributed by atoms with Crippen LogP contribution in [0, 0.1) is 5.92 Å². The highest BCUT2D eigenvalue weighted by atomic mass is 32.1. The fourth-order valence-electron chi connectivity index (χ4n) is 3.51. The van der Waals surface area contributed by atoms with Crippen LogP contribution < -0.4 is 5.73 Å². The molecule has 2 aliphatic rings. The van der Waals surface area contributed by atoms with Gasteiger partial charge in [-0.2, -0.15) is 0 Å². The smallest absolute Gasteiger partial charge is 0.230 e. The maximum atomic E-state index is 11.7. The molecular formula is C15H22N2OS. The highest BCUT2D eigenvalue weighted by Gasteiger charge is 2.47. The van der Waals surface area contributed by atoms with Crippen LogP contribution in [0.5, 0.6) is 0 Å². The minimum Gasteiger partial charge on any atom is -0.369 e. The molecule has 4 heteroatoms. The molecule has 0 aliphatic heterocycles. The third kappa shape index (κ3) is 2.10.